The molecule has 2 heterocycles. The van der Waals surface area contributed by atoms with Crippen molar-refractivity contribution in [2.24, 2.45) is 0 Å². The minimum atomic E-state index is -0.0395. The molecule has 0 spiro atoms. The van der Waals surface area contributed by atoms with Gasteiger partial charge in [-0.3, -0.25) is 4.79 Å². The summed E-state index contributed by atoms with van der Waals surface area (Å²) in [5.41, 5.74) is 3.97. The summed E-state index contributed by atoms with van der Waals surface area (Å²) in [5, 5.41) is 7.59. The third kappa shape index (κ3) is 5.41. The second-order valence-corrected chi connectivity index (χ2v) is 8.38. The minimum Gasteiger partial charge on any atom is -0.430 e. The van der Waals surface area contributed by atoms with E-state index in [1.807, 2.05) is 24.3 Å². The van der Waals surface area contributed by atoms with Gasteiger partial charge in [0.1, 0.15) is 11.4 Å². The zero-order chi connectivity index (χ0) is 21.6. The smallest absolute Gasteiger partial charge is 0.262 e. The van der Waals surface area contributed by atoms with E-state index in [-0.39, 0.29) is 5.91 Å². The zero-order valence-corrected chi connectivity index (χ0v) is 18.6. The van der Waals surface area contributed by atoms with Crippen molar-refractivity contribution in [3.8, 4) is 17.0 Å². The summed E-state index contributed by atoms with van der Waals surface area (Å²) in [5.74, 6) is 0.572. The first kappa shape index (κ1) is 21.3. The molecule has 1 amide bonds. The number of rotatable bonds is 6. The number of hydrogen-bond donors (Lipinski definition) is 3. The van der Waals surface area contributed by atoms with Gasteiger partial charge in [0.25, 0.3) is 5.17 Å². The number of nitrogens with one attached hydrogen (secondary N) is 3. The van der Waals surface area contributed by atoms with Crippen LogP contribution in [0.25, 0.3) is 22.3 Å². The number of carbonyl (C=O) groups is 1. The fourth-order valence-electron chi connectivity index (χ4n) is 4.18. The lowest BCUT2D eigenvalue weighted by Gasteiger charge is -2.23. The molecule has 0 radical (unpaired) electrons. The SMILES string of the molecule is CC(=O)NCCc1c(-c2ccccc2)[nH]c2ncc(OC(=S)NC3CCCCC3)cc12. The van der Waals surface area contributed by atoms with Gasteiger partial charge in [-0.2, -0.15) is 0 Å². The Morgan fingerprint density at radius 1 is 1.23 bits per heavy atom. The van der Waals surface area contributed by atoms with Gasteiger partial charge in [-0.1, -0.05) is 49.6 Å². The van der Waals surface area contributed by atoms with Crippen LogP contribution in [0.3, 0.4) is 0 Å². The number of amides is 1. The van der Waals surface area contributed by atoms with Crippen LogP contribution in [0, 0.1) is 0 Å². The molecule has 1 aliphatic rings. The Balaban J connectivity index is 1.59. The van der Waals surface area contributed by atoms with Crippen LogP contribution < -0.4 is 15.4 Å². The fourth-order valence-corrected chi connectivity index (χ4v) is 4.45. The van der Waals surface area contributed by atoms with Crippen molar-refractivity contribution < 1.29 is 9.53 Å². The molecule has 0 bridgehead atoms. The summed E-state index contributed by atoms with van der Waals surface area (Å²) in [6, 6.07) is 12.5. The van der Waals surface area contributed by atoms with Crippen molar-refractivity contribution in [1.29, 1.82) is 0 Å². The molecule has 7 heteroatoms. The maximum atomic E-state index is 11.4. The summed E-state index contributed by atoms with van der Waals surface area (Å²) in [6.45, 7) is 2.08. The third-order valence-electron chi connectivity index (χ3n) is 5.68. The minimum absolute atomic E-state index is 0.0395. The van der Waals surface area contributed by atoms with E-state index in [0.717, 1.165) is 40.7 Å². The molecule has 3 N–H and O–H groups in total. The van der Waals surface area contributed by atoms with E-state index in [4.69, 9.17) is 17.0 Å². The normalized spacial score (nSPS) is 14.4. The van der Waals surface area contributed by atoms with Gasteiger partial charge in [-0.15, -0.1) is 0 Å². The summed E-state index contributed by atoms with van der Waals surface area (Å²) in [4.78, 5) is 19.4. The number of hydrogen-bond acceptors (Lipinski definition) is 4. The zero-order valence-electron chi connectivity index (χ0n) is 17.7. The van der Waals surface area contributed by atoms with Gasteiger partial charge < -0.3 is 20.4 Å². The highest BCUT2D eigenvalue weighted by molar-refractivity contribution is 7.80. The van der Waals surface area contributed by atoms with Gasteiger partial charge in [0, 0.05) is 24.9 Å². The molecule has 162 valence electrons. The average molecular weight is 437 g/mol. The highest BCUT2D eigenvalue weighted by Gasteiger charge is 2.17. The summed E-state index contributed by atoms with van der Waals surface area (Å²) >= 11 is 5.44. The molecular formula is C24H28N4O2S. The molecule has 3 aromatic rings. The topological polar surface area (TPSA) is 79.0 Å². The Hall–Kier alpha value is -2.93. The Kier molecular flexibility index (Phi) is 6.82. The quantitative estimate of drug-likeness (QED) is 0.496. The second kappa shape index (κ2) is 9.92. The van der Waals surface area contributed by atoms with Crippen molar-refractivity contribution in [3.05, 3.63) is 48.2 Å². The molecule has 31 heavy (non-hydrogen) atoms. The molecule has 0 saturated heterocycles. The van der Waals surface area contributed by atoms with Crippen molar-refractivity contribution >= 4 is 34.3 Å². The number of ether oxygens (including phenoxy) is 1. The number of fused-ring (bicyclic) bond motifs is 1. The van der Waals surface area contributed by atoms with Gasteiger partial charge >= 0.3 is 0 Å². The maximum Gasteiger partial charge on any atom is 0.262 e. The first-order chi connectivity index (χ1) is 15.1. The van der Waals surface area contributed by atoms with E-state index in [1.165, 1.54) is 26.2 Å². The van der Waals surface area contributed by atoms with Crippen LogP contribution in [0.4, 0.5) is 0 Å². The van der Waals surface area contributed by atoms with Gasteiger partial charge in [-0.05, 0) is 48.7 Å². The van der Waals surface area contributed by atoms with Crippen molar-refractivity contribution in [3.63, 3.8) is 0 Å². The monoisotopic (exact) mass is 436 g/mol. The van der Waals surface area contributed by atoms with E-state index in [1.54, 1.807) is 6.20 Å². The molecule has 1 saturated carbocycles. The van der Waals surface area contributed by atoms with Crippen molar-refractivity contribution in [2.75, 3.05) is 6.54 Å². The first-order valence-electron chi connectivity index (χ1n) is 10.9. The lowest BCUT2D eigenvalue weighted by Crippen LogP contribution is -2.37. The number of aromatic amines is 1. The van der Waals surface area contributed by atoms with E-state index in [9.17, 15) is 4.79 Å². The second-order valence-electron chi connectivity index (χ2n) is 8.01. The number of H-pyrrole nitrogens is 1. The molecule has 1 aromatic carbocycles. The molecule has 1 aliphatic carbocycles. The van der Waals surface area contributed by atoms with E-state index >= 15 is 0 Å². The van der Waals surface area contributed by atoms with Crippen LogP contribution in [-0.2, 0) is 11.2 Å². The molecule has 6 nitrogen and oxygen atoms in total. The largest absolute Gasteiger partial charge is 0.430 e. The summed E-state index contributed by atoms with van der Waals surface area (Å²) < 4.78 is 5.91. The van der Waals surface area contributed by atoms with Crippen LogP contribution in [0.1, 0.15) is 44.6 Å². The Bertz CT molecular complexity index is 1060. The van der Waals surface area contributed by atoms with E-state index < -0.39 is 0 Å². The summed E-state index contributed by atoms with van der Waals surface area (Å²) in [7, 11) is 0. The molecule has 1 fully saturated rings. The average Bonchev–Trinajstić information content (AvgIpc) is 3.13. The van der Waals surface area contributed by atoms with Crippen molar-refractivity contribution in [1.82, 2.24) is 20.6 Å². The fraction of sp³-hybridized carbons (Fsp3) is 0.375. The number of aromatic nitrogens is 2. The lowest BCUT2D eigenvalue weighted by atomic mass is 9.96. The van der Waals surface area contributed by atoms with E-state index in [0.29, 0.717) is 29.9 Å². The number of benzene rings is 1. The standard InChI is InChI=1S/C24H28N4O2S/c1-16(29)25-13-12-20-21-14-19(30-24(31)27-18-10-6-3-7-11-18)15-26-23(21)28-22(20)17-8-4-2-5-9-17/h2,4-5,8-9,14-15,18H,3,6-7,10-13H2,1H3,(H,25,29)(H,26,28)(H,27,31). The third-order valence-corrected chi connectivity index (χ3v) is 5.88. The number of carbonyl (C=O) groups excluding carboxylic acids is 1. The van der Waals surface area contributed by atoms with Crippen LogP contribution in [-0.4, -0.2) is 33.6 Å². The van der Waals surface area contributed by atoms with E-state index in [2.05, 4.69) is 32.7 Å². The Morgan fingerprint density at radius 2 is 2.00 bits per heavy atom. The number of pyridine rings is 1. The maximum absolute atomic E-state index is 11.4. The molecule has 4 rings (SSSR count). The van der Waals surface area contributed by atoms with Gasteiger partial charge in [0.05, 0.1) is 11.9 Å². The molecule has 0 aliphatic heterocycles. The van der Waals surface area contributed by atoms with Gasteiger partial charge in [-0.25, -0.2) is 4.98 Å². The predicted octanol–water partition coefficient (Wildman–Crippen LogP) is 4.49. The molecule has 0 unspecified atom stereocenters. The first-order valence-corrected chi connectivity index (χ1v) is 11.3. The Morgan fingerprint density at radius 3 is 2.74 bits per heavy atom. The molecular weight excluding hydrogens is 408 g/mol. The number of thiocarbonyl (C=S) groups is 1. The summed E-state index contributed by atoms with van der Waals surface area (Å²) in [6.07, 6.45) is 8.40. The highest BCUT2D eigenvalue weighted by Crippen LogP contribution is 2.31. The Labute approximate surface area is 187 Å². The molecule has 2 aromatic heterocycles. The highest BCUT2D eigenvalue weighted by atomic mass is 32.1. The number of nitrogens with zero attached hydrogens (tertiary/aromatic N) is 1. The predicted molar refractivity (Wildman–Crippen MR) is 127 cm³/mol. The van der Waals surface area contributed by atoms with Gasteiger partial charge in [0.15, 0.2) is 0 Å². The van der Waals surface area contributed by atoms with Crippen LogP contribution in [0.5, 0.6) is 5.75 Å². The van der Waals surface area contributed by atoms with Crippen LogP contribution in [0.15, 0.2) is 42.6 Å². The lowest BCUT2D eigenvalue weighted by molar-refractivity contribution is -0.118. The van der Waals surface area contributed by atoms with Crippen LogP contribution >= 0.6 is 12.2 Å². The van der Waals surface area contributed by atoms with Gasteiger partial charge in [0.2, 0.25) is 5.91 Å². The molecule has 0 atom stereocenters. The van der Waals surface area contributed by atoms with Crippen LogP contribution in [0.2, 0.25) is 0 Å². The van der Waals surface area contributed by atoms with Crippen molar-refractivity contribution in [2.45, 2.75) is 51.5 Å².